The first-order chi connectivity index (χ1) is 13.2. The minimum atomic E-state index is 0.530. The lowest BCUT2D eigenvalue weighted by Crippen LogP contribution is -2.24. The lowest BCUT2D eigenvalue weighted by Gasteiger charge is -2.31. The molecule has 2 aliphatic heterocycles. The number of hydrogen-bond acceptors (Lipinski definition) is 3. The van der Waals surface area contributed by atoms with Gasteiger partial charge >= 0.3 is 0 Å². The third-order valence-electron chi connectivity index (χ3n) is 4.32. The summed E-state index contributed by atoms with van der Waals surface area (Å²) in [6, 6.07) is 15.9. The third kappa shape index (κ3) is 4.21. The smallest absolute Gasteiger partial charge is 0.145 e. The van der Waals surface area contributed by atoms with Crippen molar-refractivity contribution in [3.63, 3.8) is 0 Å². The molecule has 0 aromatic heterocycles. The van der Waals surface area contributed by atoms with Crippen LogP contribution in [0.3, 0.4) is 0 Å². The molecule has 0 radical (unpaired) electrons. The molecule has 3 nitrogen and oxygen atoms in total. The summed E-state index contributed by atoms with van der Waals surface area (Å²) in [6.45, 7) is 1.22. The standard InChI is InChI=1S/C22H18Cl2N2O/c23-19-9-8-18(13-20(19)24)14-25-11-12-26-10-4-7-22(21(26)15-25)27-16-17-5-2-1-3-6-17/h1-13,15H,14,16H2. The number of fused-ring (bicyclic) bond motifs is 1. The number of ether oxygens (including phenoxy) is 1. The molecule has 2 heterocycles. The Labute approximate surface area is 169 Å². The van der Waals surface area contributed by atoms with Gasteiger partial charge < -0.3 is 14.5 Å². The van der Waals surface area contributed by atoms with E-state index >= 15 is 0 Å². The van der Waals surface area contributed by atoms with Gasteiger partial charge in [0.1, 0.15) is 18.1 Å². The summed E-state index contributed by atoms with van der Waals surface area (Å²) in [7, 11) is 0. The molecule has 136 valence electrons. The zero-order valence-corrected chi connectivity index (χ0v) is 16.1. The first-order valence-electron chi connectivity index (χ1n) is 8.63. The Bertz CT molecular complexity index is 948. The topological polar surface area (TPSA) is 15.7 Å². The molecule has 0 fully saturated rings. The van der Waals surface area contributed by atoms with Gasteiger partial charge in [-0.25, -0.2) is 0 Å². The quantitative estimate of drug-likeness (QED) is 0.611. The van der Waals surface area contributed by atoms with Crippen LogP contribution in [-0.2, 0) is 17.9 Å². The molecule has 0 spiro atoms. The molecular weight excluding hydrogens is 379 g/mol. The molecule has 0 atom stereocenters. The first-order valence-corrected chi connectivity index (χ1v) is 9.38. The highest BCUT2D eigenvalue weighted by atomic mass is 35.5. The maximum absolute atomic E-state index is 6.13. The summed E-state index contributed by atoms with van der Waals surface area (Å²) < 4.78 is 6.07. The molecular formula is C22H18Cl2N2O. The van der Waals surface area contributed by atoms with E-state index in [9.17, 15) is 0 Å². The molecule has 0 aliphatic carbocycles. The Balaban J connectivity index is 1.49. The van der Waals surface area contributed by atoms with Crippen LogP contribution < -0.4 is 0 Å². The zero-order chi connectivity index (χ0) is 18.6. The number of benzene rings is 2. The molecule has 5 heteroatoms. The minimum absolute atomic E-state index is 0.530. The number of nitrogens with zero attached hydrogens (tertiary/aromatic N) is 2. The zero-order valence-electron chi connectivity index (χ0n) is 14.6. The van der Waals surface area contributed by atoms with Crippen LogP contribution in [0.5, 0.6) is 0 Å². The Morgan fingerprint density at radius 1 is 0.852 bits per heavy atom. The van der Waals surface area contributed by atoms with Gasteiger partial charge in [0.25, 0.3) is 0 Å². The number of rotatable bonds is 5. The van der Waals surface area contributed by atoms with E-state index < -0.39 is 0 Å². The molecule has 0 unspecified atom stereocenters. The van der Waals surface area contributed by atoms with Crippen molar-refractivity contribution < 1.29 is 4.74 Å². The summed E-state index contributed by atoms with van der Waals surface area (Å²) in [5.74, 6) is 0.838. The highest BCUT2D eigenvalue weighted by molar-refractivity contribution is 6.42. The van der Waals surface area contributed by atoms with Crippen molar-refractivity contribution in [2.45, 2.75) is 13.2 Å². The highest BCUT2D eigenvalue weighted by Crippen LogP contribution is 2.28. The van der Waals surface area contributed by atoms with Crippen LogP contribution in [0, 0.1) is 0 Å². The predicted octanol–water partition coefficient (Wildman–Crippen LogP) is 6.05. The van der Waals surface area contributed by atoms with Gasteiger partial charge in [0.2, 0.25) is 0 Å². The molecule has 27 heavy (non-hydrogen) atoms. The molecule has 0 bridgehead atoms. The fourth-order valence-corrected chi connectivity index (χ4v) is 3.26. The van der Waals surface area contributed by atoms with Crippen molar-refractivity contribution in [2.75, 3.05) is 0 Å². The molecule has 2 aromatic rings. The lowest BCUT2D eigenvalue weighted by molar-refractivity contribution is 0.193. The number of allylic oxidation sites excluding steroid dienone is 2. The van der Waals surface area contributed by atoms with E-state index in [1.807, 2.05) is 72.1 Å². The maximum atomic E-state index is 6.13. The van der Waals surface area contributed by atoms with E-state index in [0.29, 0.717) is 23.2 Å². The highest BCUT2D eigenvalue weighted by Gasteiger charge is 2.19. The summed E-state index contributed by atoms with van der Waals surface area (Å²) in [6.07, 6.45) is 12.1. The van der Waals surface area contributed by atoms with Crippen LogP contribution in [0.15, 0.2) is 96.9 Å². The van der Waals surface area contributed by atoms with Crippen LogP contribution in [0.25, 0.3) is 0 Å². The second kappa shape index (κ2) is 7.95. The van der Waals surface area contributed by atoms with E-state index in [4.69, 9.17) is 27.9 Å². The van der Waals surface area contributed by atoms with E-state index in [1.165, 1.54) is 0 Å². The normalized spacial score (nSPS) is 15.3. The SMILES string of the molecule is Clc1ccc(CN2C=CN3C=CC=C(OCc4ccccc4)C3=C2)cc1Cl. The van der Waals surface area contributed by atoms with E-state index in [1.54, 1.807) is 0 Å². The van der Waals surface area contributed by atoms with Gasteiger partial charge in [-0.1, -0.05) is 59.6 Å². The third-order valence-corrected chi connectivity index (χ3v) is 5.06. The molecule has 0 amide bonds. The van der Waals surface area contributed by atoms with Gasteiger partial charge in [-0.3, -0.25) is 0 Å². The van der Waals surface area contributed by atoms with Gasteiger partial charge in [0, 0.05) is 31.3 Å². The van der Waals surface area contributed by atoms with Crippen LogP contribution in [0.2, 0.25) is 10.0 Å². The van der Waals surface area contributed by atoms with Crippen LogP contribution >= 0.6 is 23.2 Å². The Morgan fingerprint density at radius 2 is 1.70 bits per heavy atom. The van der Waals surface area contributed by atoms with Gasteiger partial charge in [-0.15, -0.1) is 0 Å². The monoisotopic (exact) mass is 396 g/mol. The fraction of sp³-hybridized carbons (Fsp3) is 0.0909. The molecule has 4 rings (SSSR count). The fourth-order valence-electron chi connectivity index (χ4n) is 2.94. The Morgan fingerprint density at radius 3 is 2.52 bits per heavy atom. The molecule has 0 N–H and O–H groups in total. The van der Waals surface area contributed by atoms with Gasteiger partial charge in [-0.2, -0.15) is 0 Å². The van der Waals surface area contributed by atoms with Crippen molar-refractivity contribution in [1.29, 1.82) is 0 Å². The van der Waals surface area contributed by atoms with Gasteiger partial charge in [0.05, 0.1) is 10.0 Å². The lowest BCUT2D eigenvalue weighted by atomic mass is 10.2. The summed E-state index contributed by atoms with van der Waals surface area (Å²) in [5.41, 5.74) is 3.22. The molecule has 0 saturated heterocycles. The largest absolute Gasteiger partial charge is 0.487 e. The van der Waals surface area contributed by atoms with E-state index in [-0.39, 0.29) is 0 Å². The van der Waals surface area contributed by atoms with Gasteiger partial charge in [-0.05, 0) is 35.4 Å². The number of halogens is 2. The van der Waals surface area contributed by atoms with Crippen molar-refractivity contribution in [1.82, 2.24) is 9.80 Å². The summed E-state index contributed by atoms with van der Waals surface area (Å²) in [5, 5.41) is 1.13. The van der Waals surface area contributed by atoms with E-state index in [0.717, 1.165) is 22.6 Å². The van der Waals surface area contributed by atoms with Crippen molar-refractivity contribution in [3.05, 3.63) is 118 Å². The number of hydrogen-bond donors (Lipinski definition) is 0. The second-order valence-electron chi connectivity index (χ2n) is 6.29. The summed E-state index contributed by atoms with van der Waals surface area (Å²) >= 11 is 12.1. The Hall–Kier alpha value is -2.62. The van der Waals surface area contributed by atoms with Crippen LogP contribution in [0.1, 0.15) is 11.1 Å². The minimum Gasteiger partial charge on any atom is -0.487 e. The average Bonchev–Trinajstić information content (AvgIpc) is 2.70. The average molecular weight is 397 g/mol. The Kier molecular flexibility index (Phi) is 5.23. The van der Waals surface area contributed by atoms with Crippen LogP contribution in [-0.4, -0.2) is 9.80 Å². The summed E-state index contributed by atoms with van der Waals surface area (Å²) in [4.78, 5) is 4.15. The molecule has 0 saturated carbocycles. The predicted molar refractivity (Wildman–Crippen MR) is 110 cm³/mol. The van der Waals surface area contributed by atoms with Crippen molar-refractivity contribution in [2.24, 2.45) is 0 Å². The maximum Gasteiger partial charge on any atom is 0.145 e. The van der Waals surface area contributed by atoms with Crippen LogP contribution in [0.4, 0.5) is 0 Å². The van der Waals surface area contributed by atoms with Crippen molar-refractivity contribution >= 4 is 23.2 Å². The first kappa shape index (κ1) is 17.8. The van der Waals surface area contributed by atoms with Crippen molar-refractivity contribution in [3.8, 4) is 0 Å². The molecule has 2 aliphatic rings. The van der Waals surface area contributed by atoms with E-state index in [2.05, 4.69) is 23.2 Å². The van der Waals surface area contributed by atoms with Gasteiger partial charge in [0.15, 0.2) is 0 Å². The second-order valence-corrected chi connectivity index (χ2v) is 7.10. The molecule has 2 aromatic carbocycles.